The molecule has 1 aromatic carbocycles. The van der Waals surface area contributed by atoms with Crippen molar-refractivity contribution < 1.29 is 14.3 Å². The van der Waals surface area contributed by atoms with E-state index in [1.165, 1.54) is 0 Å². The summed E-state index contributed by atoms with van der Waals surface area (Å²) in [5.41, 5.74) is 0.946. The van der Waals surface area contributed by atoms with E-state index in [1.807, 2.05) is 18.2 Å². The smallest absolute Gasteiger partial charge is 0.220 e. The molecule has 0 unspecified atom stereocenters. The number of hydrogen-bond donors (Lipinski definition) is 1. The quantitative estimate of drug-likeness (QED) is 0.824. The van der Waals surface area contributed by atoms with Gasteiger partial charge in [0.2, 0.25) is 5.91 Å². The summed E-state index contributed by atoms with van der Waals surface area (Å²) in [6, 6.07) is 5.58. The van der Waals surface area contributed by atoms with Gasteiger partial charge < -0.3 is 14.8 Å². The van der Waals surface area contributed by atoms with E-state index in [1.54, 1.807) is 14.2 Å². The summed E-state index contributed by atoms with van der Waals surface area (Å²) < 4.78 is 10.4. The number of amides is 1. The van der Waals surface area contributed by atoms with Gasteiger partial charge in [-0.25, -0.2) is 0 Å². The molecular weight excluding hydrogens is 242 g/mol. The van der Waals surface area contributed by atoms with Gasteiger partial charge in [0.25, 0.3) is 0 Å². The average Bonchev–Trinajstić information content (AvgIpc) is 2.42. The maximum Gasteiger partial charge on any atom is 0.220 e. The van der Waals surface area contributed by atoms with Gasteiger partial charge in [0.15, 0.2) is 0 Å². The summed E-state index contributed by atoms with van der Waals surface area (Å²) in [7, 11) is 3.22. The summed E-state index contributed by atoms with van der Waals surface area (Å²) >= 11 is 0. The fourth-order valence-electron chi connectivity index (χ4n) is 1.70. The van der Waals surface area contributed by atoms with Crippen LogP contribution in [-0.2, 0) is 11.3 Å². The minimum Gasteiger partial charge on any atom is -0.497 e. The van der Waals surface area contributed by atoms with Crippen LogP contribution in [0.25, 0.3) is 0 Å². The fraction of sp³-hybridized carbons (Fsp3) is 0.533. The van der Waals surface area contributed by atoms with Crippen LogP contribution in [0.1, 0.15) is 32.3 Å². The molecular formula is C15H23NO3. The van der Waals surface area contributed by atoms with Crippen LogP contribution in [-0.4, -0.2) is 20.1 Å². The maximum atomic E-state index is 11.7. The molecule has 4 nitrogen and oxygen atoms in total. The molecule has 0 fully saturated rings. The molecule has 0 atom stereocenters. The highest BCUT2D eigenvalue weighted by Crippen LogP contribution is 2.24. The SMILES string of the molecule is COc1ccc(CNC(=O)CCC(C)C)c(OC)c1. The van der Waals surface area contributed by atoms with Crippen molar-refractivity contribution in [2.24, 2.45) is 5.92 Å². The molecule has 0 aromatic heterocycles. The largest absolute Gasteiger partial charge is 0.497 e. The van der Waals surface area contributed by atoms with E-state index in [2.05, 4.69) is 19.2 Å². The normalized spacial score (nSPS) is 10.4. The second-order valence-corrected chi connectivity index (χ2v) is 4.89. The Kier molecular flexibility index (Phi) is 6.19. The first-order valence-electron chi connectivity index (χ1n) is 6.54. The summed E-state index contributed by atoms with van der Waals surface area (Å²) in [5.74, 6) is 2.09. The number of methoxy groups -OCH3 is 2. The van der Waals surface area contributed by atoms with Crippen LogP contribution >= 0.6 is 0 Å². The third kappa shape index (κ3) is 5.20. The number of benzene rings is 1. The number of carbonyl (C=O) groups is 1. The van der Waals surface area contributed by atoms with Gasteiger partial charge in [-0.2, -0.15) is 0 Å². The molecule has 0 saturated carbocycles. The third-order valence-corrected chi connectivity index (χ3v) is 2.92. The molecule has 0 spiro atoms. The number of rotatable bonds is 7. The Balaban J connectivity index is 2.55. The molecule has 0 saturated heterocycles. The van der Waals surface area contributed by atoms with Gasteiger partial charge in [-0.15, -0.1) is 0 Å². The van der Waals surface area contributed by atoms with Crippen molar-refractivity contribution >= 4 is 5.91 Å². The van der Waals surface area contributed by atoms with Crippen LogP contribution in [0.5, 0.6) is 11.5 Å². The predicted molar refractivity (Wildman–Crippen MR) is 75.5 cm³/mol. The van der Waals surface area contributed by atoms with E-state index in [0.29, 0.717) is 18.9 Å². The van der Waals surface area contributed by atoms with Crippen molar-refractivity contribution in [3.63, 3.8) is 0 Å². The summed E-state index contributed by atoms with van der Waals surface area (Å²) in [5, 5.41) is 2.91. The van der Waals surface area contributed by atoms with Gasteiger partial charge in [0.1, 0.15) is 11.5 Å². The first kappa shape index (κ1) is 15.3. The van der Waals surface area contributed by atoms with Gasteiger partial charge in [0, 0.05) is 24.6 Å². The molecule has 4 heteroatoms. The second kappa shape index (κ2) is 7.67. The lowest BCUT2D eigenvalue weighted by atomic mass is 10.1. The molecule has 1 amide bonds. The van der Waals surface area contributed by atoms with Gasteiger partial charge in [-0.3, -0.25) is 4.79 Å². The van der Waals surface area contributed by atoms with Crippen LogP contribution in [0.15, 0.2) is 18.2 Å². The Hall–Kier alpha value is -1.71. The molecule has 1 N–H and O–H groups in total. The Bertz CT molecular complexity index is 416. The number of ether oxygens (including phenoxy) is 2. The third-order valence-electron chi connectivity index (χ3n) is 2.92. The molecule has 0 bridgehead atoms. The zero-order valence-electron chi connectivity index (χ0n) is 12.2. The molecule has 19 heavy (non-hydrogen) atoms. The lowest BCUT2D eigenvalue weighted by Gasteiger charge is -2.11. The zero-order valence-corrected chi connectivity index (χ0v) is 12.2. The summed E-state index contributed by atoms with van der Waals surface area (Å²) in [6.07, 6.45) is 1.47. The highest BCUT2D eigenvalue weighted by Gasteiger charge is 2.07. The van der Waals surface area contributed by atoms with Gasteiger partial charge in [-0.05, 0) is 24.5 Å². The molecule has 0 radical (unpaired) electrons. The van der Waals surface area contributed by atoms with Crippen LogP contribution in [0, 0.1) is 5.92 Å². The minimum absolute atomic E-state index is 0.0755. The Morgan fingerprint density at radius 3 is 2.58 bits per heavy atom. The van der Waals surface area contributed by atoms with Gasteiger partial charge >= 0.3 is 0 Å². The first-order chi connectivity index (χ1) is 9.06. The number of hydrogen-bond acceptors (Lipinski definition) is 3. The molecule has 0 aliphatic rings. The summed E-state index contributed by atoms with van der Waals surface area (Å²) in [6.45, 7) is 4.70. The van der Waals surface area contributed by atoms with Gasteiger partial charge in [-0.1, -0.05) is 13.8 Å². The lowest BCUT2D eigenvalue weighted by Crippen LogP contribution is -2.23. The van der Waals surface area contributed by atoms with E-state index < -0.39 is 0 Å². The van der Waals surface area contributed by atoms with Gasteiger partial charge in [0.05, 0.1) is 14.2 Å². The monoisotopic (exact) mass is 265 g/mol. The minimum atomic E-state index is 0.0755. The van der Waals surface area contributed by atoms with Crippen molar-refractivity contribution in [1.29, 1.82) is 0 Å². The fourth-order valence-corrected chi connectivity index (χ4v) is 1.70. The van der Waals surface area contributed by atoms with Crippen molar-refractivity contribution in [3.8, 4) is 11.5 Å². The van der Waals surface area contributed by atoms with E-state index in [0.717, 1.165) is 23.5 Å². The zero-order chi connectivity index (χ0) is 14.3. The van der Waals surface area contributed by atoms with Crippen molar-refractivity contribution in [1.82, 2.24) is 5.32 Å². The van der Waals surface area contributed by atoms with E-state index in [9.17, 15) is 4.79 Å². The maximum absolute atomic E-state index is 11.7. The van der Waals surface area contributed by atoms with Crippen LogP contribution in [0.3, 0.4) is 0 Å². The second-order valence-electron chi connectivity index (χ2n) is 4.89. The average molecular weight is 265 g/mol. The number of nitrogens with one attached hydrogen (secondary N) is 1. The first-order valence-corrected chi connectivity index (χ1v) is 6.54. The van der Waals surface area contributed by atoms with E-state index >= 15 is 0 Å². The highest BCUT2D eigenvalue weighted by molar-refractivity contribution is 5.75. The Labute approximate surface area is 115 Å². The van der Waals surface area contributed by atoms with Crippen molar-refractivity contribution in [2.75, 3.05) is 14.2 Å². The molecule has 106 valence electrons. The van der Waals surface area contributed by atoms with Crippen LogP contribution in [0.2, 0.25) is 0 Å². The van der Waals surface area contributed by atoms with Crippen molar-refractivity contribution in [2.45, 2.75) is 33.2 Å². The van der Waals surface area contributed by atoms with E-state index in [-0.39, 0.29) is 5.91 Å². The topological polar surface area (TPSA) is 47.6 Å². The Morgan fingerprint density at radius 1 is 1.26 bits per heavy atom. The van der Waals surface area contributed by atoms with E-state index in [4.69, 9.17) is 9.47 Å². The summed E-state index contributed by atoms with van der Waals surface area (Å²) in [4.78, 5) is 11.7. The van der Waals surface area contributed by atoms with Crippen molar-refractivity contribution in [3.05, 3.63) is 23.8 Å². The van der Waals surface area contributed by atoms with Crippen LogP contribution in [0.4, 0.5) is 0 Å². The lowest BCUT2D eigenvalue weighted by molar-refractivity contribution is -0.121. The molecule has 0 heterocycles. The predicted octanol–water partition coefficient (Wildman–Crippen LogP) is 2.76. The Morgan fingerprint density at radius 2 is 2.00 bits per heavy atom. The molecule has 1 rings (SSSR count). The number of carbonyl (C=O) groups excluding carboxylic acids is 1. The molecule has 0 aliphatic heterocycles. The standard InChI is InChI=1S/C15H23NO3/c1-11(2)5-8-15(17)16-10-12-6-7-13(18-3)9-14(12)19-4/h6-7,9,11H,5,8,10H2,1-4H3,(H,16,17). The highest BCUT2D eigenvalue weighted by atomic mass is 16.5. The molecule has 0 aliphatic carbocycles. The molecule has 1 aromatic rings. The van der Waals surface area contributed by atoms with Crippen LogP contribution < -0.4 is 14.8 Å².